The number of nitrogens with zero attached hydrogens (tertiary/aromatic N) is 10. The standard InChI is InChI=1S/C76H38N10S/c77-39-45-31-51(41-79)69(52(32-45)42-80)74-71-59-25-11-16-30-66(59)87-76(71)73(61-36-50(48-19-5-2-6-20-48)38-68(84-61)86-64-28-14-9-23-57(64)58-24-10-15-29-65(58)86)75(70-53(43-81)33-46(40-78)34-54(70)44-82)72(74)60-35-49(47-17-3-1-4-18-47)37-67(83-60)85-62-26-12-7-21-55(62)56-22-8-13-27-63(56)85/h1-38H. The largest absolute Gasteiger partial charge is 0.294 e. The van der Waals surface area contributed by atoms with Gasteiger partial charge in [0.05, 0.1) is 103 Å². The van der Waals surface area contributed by atoms with Crippen LogP contribution in [0.3, 0.4) is 0 Å². The van der Waals surface area contributed by atoms with Gasteiger partial charge in [-0.15, -0.1) is 11.3 Å². The van der Waals surface area contributed by atoms with Gasteiger partial charge in [0.2, 0.25) is 0 Å². The fourth-order valence-electron chi connectivity index (χ4n) is 12.7. The van der Waals surface area contributed by atoms with Crippen LogP contribution >= 0.6 is 11.3 Å². The molecule has 15 aromatic rings. The summed E-state index contributed by atoms with van der Waals surface area (Å²) in [5.41, 5.74) is 10.1. The van der Waals surface area contributed by atoms with Gasteiger partial charge < -0.3 is 0 Å². The molecule has 0 fully saturated rings. The molecule has 10 aromatic carbocycles. The highest BCUT2D eigenvalue weighted by Gasteiger charge is 2.34. The Balaban J connectivity index is 1.24. The first-order valence-corrected chi connectivity index (χ1v) is 28.6. The highest BCUT2D eigenvalue weighted by Crippen LogP contribution is 2.57. The van der Waals surface area contributed by atoms with E-state index in [0.29, 0.717) is 55.4 Å². The highest BCUT2D eigenvalue weighted by molar-refractivity contribution is 7.26. The van der Waals surface area contributed by atoms with Gasteiger partial charge in [-0.25, -0.2) is 9.97 Å². The van der Waals surface area contributed by atoms with E-state index in [2.05, 4.69) is 100 Å². The summed E-state index contributed by atoms with van der Waals surface area (Å²) in [6.07, 6.45) is 0. The van der Waals surface area contributed by atoms with Crippen molar-refractivity contribution in [3.05, 3.63) is 264 Å². The molecule has 0 amide bonds. The molecule has 11 heteroatoms. The molecule has 398 valence electrons. The zero-order valence-corrected chi connectivity index (χ0v) is 46.6. The van der Waals surface area contributed by atoms with Crippen molar-refractivity contribution >= 4 is 75.1 Å². The summed E-state index contributed by atoms with van der Waals surface area (Å²) in [5, 5.41) is 73.0. The number of thiophene rings is 1. The molecular weight excluding hydrogens is 1080 g/mol. The third-order valence-electron chi connectivity index (χ3n) is 16.3. The number of nitriles is 6. The second kappa shape index (κ2) is 20.6. The first-order chi connectivity index (χ1) is 42.9. The molecule has 0 saturated carbocycles. The van der Waals surface area contributed by atoms with Crippen LogP contribution < -0.4 is 0 Å². The van der Waals surface area contributed by atoms with Gasteiger partial charge in [-0.1, -0.05) is 152 Å². The molecule has 0 N–H and O–H groups in total. The Hall–Kier alpha value is -12.7. The Morgan fingerprint density at radius 3 is 1.06 bits per heavy atom. The number of hydrogen-bond donors (Lipinski definition) is 0. The number of aromatic nitrogens is 4. The van der Waals surface area contributed by atoms with Crippen LogP contribution in [-0.4, -0.2) is 19.1 Å². The quantitative estimate of drug-likeness (QED) is 0.144. The van der Waals surface area contributed by atoms with Crippen molar-refractivity contribution in [2.24, 2.45) is 0 Å². The second-order valence-corrected chi connectivity index (χ2v) is 22.1. The molecule has 10 nitrogen and oxygen atoms in total. The maximum Gasteiger partial charge on any atom is 0.138 e. The van der Waals surface area contributed by atoms with Crippen LogP contribution in [0.2, 0.25) is 0 Å². The summed E-state index contributed by atoms with van der Waals surface area (Å²) in [4.78, 5) is 11.7. The van der Waals surface area contributed by atoms with E-state index in [1.54, 1.807) is 0 Å². The molecule has 0 bridgehead atoms. The normalized spacial score (nSPS) is 11.1. The van der Waals surface area contributed by atoms with Crippen LogP contribution in [0.4, 0.5) is 0 Å². The van der Waals surface area contributed by atoms with Crippen molar-refractivity contribution in [1.82, 2.24) is 19.1 Å². The zero-order valence-electron chi connectivity index (χ0n) is 45.8. The van der Waals surface area contributed by atoms with E-state index in [1.807, 2.05) is 152 Å². The number of para-hydroxylation sites is 4. The lowest BCUT2D eigenvalue weighted by Crippen LogP contribution is -2.06. The van der Waals surface area contributed by atoms with Crippen molar-refractivity contribution < 1.29 is 0 Å². The maximum absolute atomic E-state index is 11.7. The van der Waals surface area contributed by atoms with Crippen molar-refractivity contribution in [2.45, 2.75) is 0 Å². The topological polar surface area (TPSA) is 178 Å². The lowest BCUT2D eigenvalue weighted by atomic mass is 9.78. The second-order valence-electron chi connectivity index (χ2n) is 21.0. The molecule has 0 aliphatic heterocycles. The van der Waals surface area contributed by atoms with E-state index in [0.717, 1.165) is 76.0 Å². The van der Waals surface area contributed by atoms with Crippen molar-refractivity contribution in [3.8, 4) is 115 Å². The van der Waals surface area contributed by atoms with Crippen LogP contribution in [0, 0.1) is 68.0 Å². The summed E-state index contributed by atoms with van der Waals surface area (Å²) >= 11 is 1.48. The molecular formula is C76H38N10S. The van der Waals surface area contributed by atoms with E-state index in [4.69, 9.17) is 9.97 Å². The zero-order chi connectivity index (χ0) is 58.9. The monoisotopic (exact) mass is 1120 g/mol. The lowest BCUT2D eigenvalue weighted by Gasteiger charge is -2.25. The molecule has 15 rings (SSSR count). The Morgan fingerprint density at radius 2 is 0.655 bits per heavy atom. The number of pyridine rings is 2. The van der Waals surface area contributed by atoms with Gasteiger partial charge in [-0.2, -0.15) is 31.6 Å². The van der Waals surface area contributed by atoms with Gasteiger partial charge in [-0.3, -0.25) is 9.13 Å². The summed E-state index contributed by atoms with van der Waals surface area (Å²) in [6, 6.07) is 88.9. The molecule has 5 aromatic heterocycles. The highest BCUT2D eigenvalue weighted by atomic mass is 32.1. The van der Waals surface area contributed by atoms with E-state index in [-0.39, 0.29) is 44.5 Å². The molecule has 0 spiro atoms. The Morgan fingerprint density at radius 1 is 0.299 bits per heavy atom. The predicted octanol–water partition coefficient (Wildman–Crippen LogP) is 18.3. The SMILES string of the molecule is N#Cc1cc(C#N)c(-c2c(-c3cc(-c4ccccc4)cc(-n4c5ccccc5c5ccccc54)n3)c(-c3c(C#N)cc(C#N)cc3C#N)c3c(sc4ccccc43)c2-c2cc(-c3ccccc3)cc(-n3c4ccccc4c4ccccc43)n2)c(C#N)c1. The summed E-state index contributed by atoms with van der Waals surface area (Å²) in [5.74, 6) is 1.11. The fraction of sp³-hybridized carbons (Fsp3) is 0. The van der Waals surface area contributed by atoms with Gasteiger partial charge in [-0.05, 0) is 101 Å². The minimum Gasteiger partial charge on any atom is -0.294 e. The van der Waals surface area contributed by atoms with Crippen molar-refractivity contribution in [1.29, 1.82) is 31.6 Å². The van der Waals surface area contributed by atoms with E-state index in [1.165, 1.54) is 35.6 Å². The number of benzene rings is 10. The number of hydrogen-bond acceptors (Lipinski definition) is 9. The molecule has 0 atom stereocenters. The van der Waals surface area contributed by atoms with E-state index in [9.17, 15) is 31.6 Å². The third kappa shape index (κ3) is 8.10. The Kier molecular flexibility index (Phi) is 12.1. The minimum absolute atomic E-state index is 0.0176. The predicted molar refractivity (Wildman–Crippen MR) is 345 cm³/mol. The molecule has 87 heavy (non-hydrogen) atoms. The fourth-order valence-corrected chi connectivity index (χ4v) is 14.0. The molecule has 0 aliphatic rings. The van der Waals surface area contributed by atoms with Gasteiger partial charge in [0.25, 0.3) is 0 Å². The molecule has 0 aliphatic carbocycles. The van der Waals surface area contributed by atoms with E-state index < -0.39 is 0 Å². The Labute approximate surface area is 501 Å². The molecule has 0 unspecified atom stereocenters. The van der Waals surface area contributed by atoms with Gasteiger partial charge in [0, 0.05) is 75.1 Å². The number of rotatable bonds is 8. The number of fused-ring (bicyclic) bond motifs is 9. The summed E-state index contributed by atoms with van der Waals surface area (Å²) < 4.78 is 5.81. The first-order valence-electron chi connectivity index (χ1n) is 27.8. The van der Waals surface area contributed by atoms with Crippen LogP contribution in [0.1, 0.15) is 33.4 Å². The van der Waals surface area contributed by atoms with E-state index >= 15 is 0 Å². The van der Waals surface area contributed by atoms with Crippen LogP contribution in [0.5, 0.6) is 0 Å². The summed E-state index contributed by atoms with van der Waals surface area (Å²) in [7, 11) is 0. The van der Waals surface area contributed by atoms with Crippen molar-refractivity contribution in [3.63, 3.8) is 0 Å². The van der Waals surface area contributed by atoms with Crippen LogP contribution in [0.15, 0.2) is 231 Å². The smallest absolute Gasteiger partial charge is 0.138 e. The Bertz CT molecular complexity index is 5550. The minimum atomic E-state index is 0.0176. The maximum atomic E-state index is 11.7. The van der Waals surface area contributed by atoms with Gasteiger partial charge in [0.1, 0.15) is 11.6 Å². The van der Waals surface area contributed by atoms with Gasteiger partial charge in [0.15, 0.2) is 0 Å². The van der Waals surface area contributed by atoms with Crippen LogP contribution in [-0.2, 0) is 0 Å². The molecule has 0 saturated heterocycles. The first kappa shape index (κ1) is 51.2. The molecule has 5 heterocycles. The third-order valence-corrected chi connectivity index (χ3v) is 17.5. The van der Waals surface area contributed by atoms with Gasteiger partial charge >= 0.3 is 0 Å². The molecule has 0 radical (unpaired) electrons. The van der Waals surface area contributed by atoms with Crippen LogP contribution in [0.25, 0.3) is 142 Å². The average molecular weight is 1120 g/mol. The lowest BCUT2D eigenvalue weighted by molar-refractivity contribution is 1.08. The average Bonchev–Trinajstić information content (AvgIpc) is 1.73. The van der Waals surface area contributed by atoms with Crippen molar-refractivity contribution in [2.75, 3.05) is 0 Å². The summed E-state index contributed by atoms with van der Waals surface area (Å²) in [6.45, 7) is 0.